The molecule has 0 aliphatic heterocycles. The lowest BCUT2D eigenvalue weighted by Gasteiger charge is -2.12. The molecule has 3 rings (SSSR count). The highest BCUT2D eigenvalue weighted by Crippen LogP contribution is 2.37. The maximum atomic E-state index is 12.7. The van der Waals surface area contributed by atoms with Gasteiger partial charge in [0.25, 0.3) is 0 Å². The maximum absolute atomic E-state index is 12.7. The molecular weight excluding hydrogens is 368 g/mol. The highest BCUT2D eigenvalue weighted by molar-refractivity contribution is 8.00. The molecule has 0 aromatic carbocycles. The van der Waals surface area contributed by atoms with E-state index in [1.54, 1.807) is 16.0 Å². The Labute approximate surface area is 161 Å². The standard InChI is InChI=1S/C17H22N6OS2/c1-10(2)23-17(20-21-22-23)25-11(3)15(24)19-16-13(9-18)12-7-5-4-6-8-14(12)26-16/h10-11H,4-8H2,1-3H3,(H,19,24)/t11-/m1/s1. The third kappa shape index (κ3) is 3.91. The van der Waals surface area contributed by atoms with Crippen LogP contribution in [0.15, 0.2) is 5.16 Å². The second kappa shape index (κ2) is 8.18. The summed E-state index contributed by atoms with van der Waals surface area (Å²) < 4.78 is 1.70. The average molecular weight is 391 g/mol. The second-order valence-electron chi connectivity index (χ2n) is 6.63. The van der Waals surface area contributed by atoms with Crippen LogP contribution in [-0.2, 0) is 17.6 Å². The Kier molecular flexibility index (Phi) is 5.94. The van der Waals surface area contributed by atoms with E-state index in [4.69, 9.17) is 0 Å². The monoisotopic (exact) mass is 390 g/mol. The zero-order valence-electron chi connectivity index (χ0n) is 15.2. The van der Waals surface area contributed by atoms with Crippen molar-refractivity contribution in [3.05, 3.63) is 16.0 Å². The SMILES string of the molecule is CC(C)n1nnnc1S[C@H](C)C(=O)Nc1sc2c(c1C#N)CCCCC2. The molecule has 1 N–H and O–H groups in total. The largest absolute Gasteiger partial charge is 0.316 e. The molecule has 138 valence electrons. The van der Waals surface area contributed by atoms with Gasteiger partial charge >= 0.3 is 0 Å². The minimum absolute atomic E-state index is 0.126. The molecule has 0 saturated heterocycles. The van der Waals surface area contributed by atoms with Gasteiger partial charge in [-0.3, -0.25) is 4.79 Å². The van der Waals surface area contributed by atoms with Crippen molar-refractivity contribution in [3.63, 3.8) is 0 Å². The van der Waals surface area contributed by atoms with E-state index in [9.17, 15) is 10.1 Å². The number of carbonyl (C=O) groups is 1. The smallest absolute Gasteiger partial charge is 0.238 e. The molecule has 2 heterocycles. The van der Waals surface area contributed by atoms with Crippen LogP contribution in [0.5, 0.6) is 0 Å². The quantitative estimate of drug-likeness (QED) is 0.619. The number of hydrogen-bond acceptors (Lipinski definition) is 7. The molecule has 0 saturated carbocycles. The minimum atomic E-state index is -0.369. The Bertz CT molecular complexity index is 835. The number of nitrogens with one attached hydrogen (secondary N) is 1. The maximum Gasteiger partial charge on any atom is 0.238 e. The van der Waals surface area contributed by atoms with E-state index in [-0.39, 0.29) is 17.2 Å². The normalized spacial score (nSPS) is 15.2. The summed E-state index contributed by atoms with van der Waals surface area (Å²) in [6, 6.07) is 2.42. The topological polar surface area (TPSA) is 96.5 Å². The van der Waals surface area contributed by atoms with Crippen molar-refractivity contribution in [3.8, 4) is 6.07 Å². The van der Waals surface area contributed by atoms with Gasteiger partial charge in [-0.2, -0.15) is 5.26 Å². The molecule has 1 atom stereocenters. The third-order valence-electron chi connectivity index (χ3n) is 4.37. The lowest BCUT2D eigenvalue weighted by atomic mass is 10.1. The van der Waals surface area contributed by atoms with E-state index >= 15 is 0 Å². The number of tetrazole rings is 1. The van der Waals surface area contributed by atoms with Gasteiger partial charge in [0.15, 0.2) is 0 Å². The average Bonchev–Trinajstić information content (AvgIpc) is 3.12. The van der Waals surface area contributed by atoms with Gasteiger partial charge in [-0.1, -0.05) is 18.2 Å². The van der Waals surface area contributed by atoms with Crippen LogP contribution in [0.4, 0.5) is 5.00 Å². The van der Waals surface area contributed by atoms with Crippen LogP contribution < -0.4 is 5.32 Å². The number of thiophene rings is 1. The Morgan fingerprint density at radius 1 is 1.31 bits per heavy atom. The summed E-state index contributed by atoms with van der Waals surface area (Å²) >= 11 is 2.87. The molecule has 0 fully saturated rings. The number of aryl methyl sites for hydroxylation is 1. The van der Waals surface area contributed by atoms with Gasteiger partial charge in [-0.05, 0) is 62.4 Å². The number of thioether (sulfide) groups is 1. The zero-order chi connectivity index (χ0) is 18.7. The fourth-order valence-electron chi connectivity index (χ4n) is 2.96. The van der Waals surface area contributed by atoms with Gasteiger partial charge in [0.1, 0.15) is 11.1 Å². The summed E-state index contributed by atoms with van der Waals surface area (Å²) in [5, 5.41) is 25.1. The summed E-state index contributed by atoms with van der Waals surface area (Å²) in [6.45, 7) is 5.80. The number of anilines is 1. The van der Waals surface area contributed by atoms with E-state index in [1.807, 2.05) is 20.8 Å². The van der Waals surface area contributed by atoms with Crippen LogP contribution in [0, 0.1) is 11.3 Å². The Morgan fingerprint density at radius 2 is 2.08 bits per heavy atom. The van der Waals surface area contributed by atoms with Crippen LogP contribution in [0.1, 0.15) is 62.1 Å². The first-order chi connectivity index (χ1) is 12.5. The van der Waals surface area contributed by atoms with Gasteiger partial charge in [-0.25, -0.2) is 4.68 Å². The molecule has 1 aliphatic carbocycles. The molecule has 0 bridgehead atoms. The minimum Gasteiger partial charge on any atom is -0.316 e. The van der Waals surface area contributed by atoms with Crippen LogP contribution in [0.2, 0.25) is 0 Å². The zero-order valence-corrected chi connectivity index (χ0v) is 16.8. The Morgan fingerprint density at radius 3 is 2.81 bits per heavy atom. The number of fused-ring (bicyclic) bond motifs is 1. The lowest BCUT2D eigenvalue weighted by Crippen LogP contribution is -2.23. The van der Waals surface area contributed by atoms with E-state index < -0.39 is 0 Å². The number of nitriles is 1. The summed E-state index contributed by atoms with van der Waals surface area (Å²) in [6.07, 6.45) is 5.38. The molecule has 1 aliphatic rings. The molecule has 9 heteroatoms. The van der Waals surface area contributed by atoms with Gasteiger partial charge in [0.2, 0.25) is 11.1 Å². The summed E-state index contributed by atoms with van der Waals surface area (Å²) in [5.41, 5.74) is 1.78. The summed E-state index contributed by atoms with van der Waals surface area (Å²) in [7, 11) is 0. The van der Waals surface area contributed by atoms with Crippen molar-refractivity contribution in [2.45, 2.75) is 69.3 Å². The molecule has 1 amide bonds. The molecule has 0 spiro atoms. The van der Waals surface area contributed by atoms with Gasteiger partial charge < -0.3 is 5.32 Å². The molecule has 0 unspecified atom stereocenters. The number of carbonyl (C=O) groups excluding carboxylic acids is 1. The lowest BCUT2D eigenvalue weighted by molar-refractivity contribution is -0.115. The van der Waals surface area contributed by atoms with Crippen molar-refractivity contribution in [2.24, 2.45) is 0 Å². The molecule has 7 nitrogen and oxygen atoms in total. The van der Waals surface area contributed by atoms with Gasteiger partial charge in [-0.15, -0.1) is 16.4 Å². The number of hydrogen-bond donors (Lipinski definition) is 1. The van der Waals surface area contributed by atoms with E-state index in [1.165, 1.54) is 23.1 Å². The van der Waals surface area contributed by atoms with Crippen LogP contribution in [-0.4, -0.2) is 31.4 Å². The predicted octanol–water partition coefficient (Wildman–Crippen LogP) is 3.58. The Balaban J connectivity index is 1.73. The van der Waals surface area contributed by atoms with E-state index in [0.29, 0.717) is 15.7 Å². The molecule has 26 heavy (non-hydrogen) atoms. The fraction of sp³-hybridized carbons (Fsp3) is 0.588. The van der Waals surface area contributed by atoms with Crippen molar-refractivity contribution in [1.82, 2.24) is 20.2 Å². The van der Waals surface area contributed by atoms with Crippen molar-refractivity contribution < 1.29 is 4.79 Å². The van der Waals surface area contributed by atoms with Crippen LogP contribution in [0.3, 0.4) is 0 Å². The highest BCUT2D eigenvalue weighted by atomic mass is 32.2. The summed E-state index contributed by atoms with van der Waals surface area (Å²) in [4.78, 5) is 13.9. The fourth-order valence-corrected chi connectivity index (χ4v) is 5.13. The molecular formula is C17H22N6OS2. The number of amides is 1. The molecule has 2 aromatic rings. The molecule has 0 radical (unpaired) electrons. The van der Waals surface area contributed by atoms with Gasteiger partial charge in [0, 0.05) is 4.88 Å². The van der Waals surface area contributed by atoms with Crippen LogP contribution >= 0.6 is 23.1 Å². The van der Waals surface area contributed by atoms with Crippen molar-refractivity contribution in [1.29, 1.82) is 5.26 Å². The highest BCUT2D eigenvalue weighted by Gasteiger charge is 2.24. The van der Waals surface area contributed by atoms with E-state index in [0.717, 1.165) is 31.2 Å². The predicted molar refractivity (Wildman–Crippen MR) is 102 cm³/mol. The first-order valence-electron chi connectivity index (χ1n) is 8.81. The van der Waals surface area contributed by atoms with Crippen molar-refractivity contribution >= 4 is 34.0 Å². The van der Waals surface area contributed by atoms with Crippen LogP contribution in [0.25, 0.3) is 0 Å². The second-order valence-corrected chi connectivity index (χ2v) is 9.04. The number of nitrogens with zero attached hydrogens (tertiary/aromatic N) is 5. The number of aromatic nitrogens is 4. The summed E-state index contributed by atoms with van der Waals surface area (Å²) in [5.74, 6) is -0.138. The molecule has 2 aromatic heterocycles. The first kappa shape index (κ1) is 18.9. The first-order valence-corrected chi connectivity index (χ1v) is 10.5. The third-order valence-corrected chi connectivity index (χ3v) is 6.63. The van der Waals surface area contributed by atoms with Gasteiger partial charge in [0.05, 0.1) is 16.9 Å². The van der Waals surface area contributed by atoms with Crippen molar-refractivity contribution in [2.75, 3.05) is 5.32 Å². The number of rotatable bonds is 5. The van der Waals surface area contributed by atoms with E-state index in [2.05, 4.69) is 26.9 Å². The Hall–Kier alpha value is -1.92.